The smallest absolute Gasteiger partial charge is 0.544 e. The van der Waals surface area contributed by atoms with Crippen LogP contribution in [0.4, 0.5) is 0 Å². The zero-order valence-electron chi connectivity index (χ0n) is 26.3. The van der Waals surface area contributed by atoms with Crippen LogP contribution in [0, 0.1) is 5.92 Å². The molecule has 0 aliphatic carbocycles. The Hall–Kier alpha value is -0.950. The molecule has 0 spiro atoms. The Balaban J connectivity index is 0.00000625. The number of hydrogen-bond acceptors (Lipinski definition) is 18. The van der Waals surface area contributed by atoms with Crippen molar-refractivity contribution in [2.24, 2.45) is 5.92 Å². The molecular formula is C29H43NaO18. The van der Waals surface area contributed by atoms with Gasteiger partial charge in [0.15, 0.2) is 12.6 Å². The zero-order valence-corrected chi connectivity index (χ0v) is 28.3. The number of carboxylic acid groups (broad SMARTS) is 1. The van der Waals surface area contributed by atoms with E-state index in [1.807, 2.05) is 0 Å². The van der Waals surface area contributed by atoms with E-state index in [0.717, 1.165) is 5.56 Å². The van der Waals surface area contributed by atoms with Crippen molar-refractivity contribution in [3.63, 3.8) is 0 Å². The van der Waals surface area contributed by atoms with E-state index in [4.69, 9.17) is 28.4 Å². The molecule has 10 N–H and O–H groups in total. The first kappa shape index (κ1) is 41.5. The molecule has 0 bridgehead atoms. The molecule has 3 saturated heterocycles. The Morgan fingerprint density at radius 3 is 2.17 bits per heavy atom. The summed E-state index contributed by atoms with van der Waals surface area (Å²) in [6, 6.07) is 8.83. The van der Waals surface area contributed by atoms with E-state index in [2.05, 4.69) is 0 Å². The van der Waals surface area contributed by atoms with E-state index >= 15 is 0 Å². The van der Waals surface area contributed by atoms with Crippen LogP contribution >= 0.6 is 0 Å². The second-order valence-electron chi connectivity index (χ2n) is 11.9. The molecule has 4 rings (SSSR count). The van der Waals surface area contributed by atoms with Gasteiger partial charge < -0.3 is 89.4 Å². The van der Waals surface area contributed by atoms with E-state index in [-0.39, 0.29) is 36.2 Å². The van der Waals surface area contributed by atoms with Gasteiger partial charge in [0.05, 0.1) is 38.6 Å². The fourth-order valence-corrected chi connectivity index (χ4v) is 5.70. The summed E-state index contributed by atoms with van der Waals surface area (Å²) in [5.41, 5.74) is 0.730. The molecule has 0 saturated carbocycles. The van der Waals surface area contributed by atoms with Crippen LogP contribution in [0.2, 0.25) is 0 Å². The summed E-state index contributed by atoms with van der Waals surface area (Å²) in [6.45, 7) is -1.19. The number of aliphatic hydroxyl groups excluding tert-OH is 10. The van der Waals surface area contributed by atoms with Crippen LogP contribution < -0.4 is 34.7 Å². The summed E-state index contributed by atoms with van der Waals surface area (Å²) < 4.78 is 33.3. The minimum absolute atomic E-state index is 0. The molecule has 5 unspecified atom stereocenters. The molecule has 268 valence electrons. The number of ether oxygens (including phenoxy) is 6. The molecular weight excluding hydrogens is 659 g/mol. The monoisotopic (exact) mass is 702 g/mol. The van der Waals surface area contributed by atoms with Crippen LogP contribution in [-0.2, 0) is 39.8 Å². The molecule has 16 atom stereocenters. The molecule has 18 nitrogen and oxygen atoms in total. The Kier molecular flexibility index (Phi) is 15.6. The van der Waals surface area contributed by atoms with Crippen molar-refractivity contribution in [2.45, 2.75) is 112 Å². The minimum atomic E-state index is -2.78. The van der Waals surface area contributed by atoms with E-state index in [1.54, 1.807) is 30.3 Å². The molecule has 0 radical (unpaired) electrons. The number of hydrogen-bond donors (Lipinski definition) is 10. The molecule has 3 heterocycles. The third kappa shape index (κ3) is 9.09. The number of carboxylic acids is 1. The first-order valence-electron chi connectivity index (χ1n) is 15.1. The maximum atomic E-state index is 12.2. The quantitative estimate of drug-likeness (QED) is 0.0854. The second kappa shape index (κ2) is 18.0. The summed E-state index contributed by atoms with van der Waals surface area (Å²) in [6.07, 6.45) is -24.7. The van der Waals surface area contributed by atoms with Crippen molar-refractivity contribution in [3.05, 3.63) is 35.9 Å². The zero-order chi connectivity index (χ0) is 34.6. The summed E-state index contributed by atoms with van der Waals surface area (Å²) in [4.78, 5) is 12.2. The van der Waals surface area contributed by atoms with Crippen LogP contribution in [-0.4, -0.2) is 168 Å². The standard InChI is InChI=1S/C29H44O18.Na/c1-12-14(32)7-29(28(40)41,47-24(12)18(34)15(33)8-30)43-11-17-19(35)20(36)22(38)27(45-17)46-25-16(9-31)44-26(23(39)21(25)37)42-10-13-5-3-2-4-6-13;/h2-6,12,14-27,30-39H,7-11H2,1H3,(H,40,41);/q;+1/p-1/t12-,14-,15-,16?,17?,18-,19+,20+,21-,22?,23?,24?,25-,26-,27+,29-;/m1./s1. The summed E-state index contributed by atoms with van der Waals surface area (Å²) in [7, 11) is 0. The largest absolute Gasteiger partial charge is 1.00 e. The van der Waals surface area contributed by atoms with Crippen molar-refractivity contribution < 1.29 is 119 Å². The van der Waals surface area contributed by atoms with Gasteiger partial charge in [-0.15, -0.1) is 0 Å². The van der Waals surface area contributed by atoms with E-state index in [9.17, 15) is 61.0 Å². The van der Waals surface area contributed by atoms with Crippen LogP contribution in [0.1, 0.15) is 18.9 Å². The molecule has 0 amide bonds. The Labute approximate surface area is 297 Å². The van der Waals surface area contributed by atoms with Gasteiger partial charge in [-0.25, -0.2) is 0 Å². The van der Waals surface area contributed by atoms with Gasteiger partial charge in [0, 0.05) is 12.3 Å². The van der Waals surface area contributed by atoms with Crippen LogP contribution in [0.3, 0.4) is 0 Å². The van der Waals surface area contributed by atoms with E-state index in [0.29, 0.717) is 0 Å². The number of carbonyl (C=O) groups excluding carboxylic acids is 1. The molecule has 1 aromatic carbocycles. The predicted molar refractivity (Wildman–Crippen MR) is 148 cm³/mol. The van der Waals surface area contributed by atoms with Gasteiger partial charge in [-0.05, 0) is 5.56 Å². The first-order valence-corrected chi connectivity index (χ1v) is 15.1. The Morgan fingerprint density at radius 2 is 1.56 bits per heavy atom. The molecule has 3 aliphatic rings. The van der Waals surface area contributed by atoms with Crippen molar-refractivity contribution in [3.8, 4) is 0 Å². The van der Waals surface area contributed by atoms with Crippen molar-refractivity contribution in [2.75, 3.05) is 19.8 Å². The number of aliphatic carboxylic acids is 1. The van der Waals surface area contributed by atoms with Crippen LogP contribution in [0.5, 0.6) is 0 Å². The van der Waals surface area contributed by atoms with Gasteiger partial charge in [-0.3, -0.25) is 0 Å². The van der Waals surface area contributed by atoms with Gasteiger partial charge in [0.2, 0.25) is 5.79 Å². The fourth-order valence-electron chi connectivity index (χ4n) is 5.70. The number of benzene rings is 1. The maximum Gasteiger partial charge on any atom is 1.00 e. The van der Waals surface area contributed by atoms with Gasteiger partial charge in [-0.2, -0.15) is 0 Å². The van der Waals surface area contributed by atoms with E-state index < -0.39 is 130 Å². The number of carbonyl (C=O) groups is 1. The molecule has 19 heteroatoms. The van der Waals surface area contributed by atoms with Gasteiger partial charge in [-0.1, -0.05) is 37.3 Å². The first-order chi connectivity index (χ1) is 22.2. The van der Waals surface area contributed by atoms with Crippen LogP contribution in [0.25, 0.3) is 0 Å². The topological polar surface area (TPSA) is 298 Å². The minimum Gasteiger partial charge on any atom is -0.544 e. The Morgan fingerprint density at radius 1 is 0.938 bits per heavy atom. The maximum absolute atomic E-state index is 12.2. The third-order valence-corrected chi connectivity index (χ3v) is 8.68. The second-order valence-corrected chi connectivity index (χ2v) is 11.9. The SMILES string of the molecule is C[C@H]1C([C@H](O)[C@H](O)CO)O[C@@](OCC2O[C@@H](O[C@@H]3C(CO)O[C@@H](OCc4ccccc4)C(O)[C@H]3O)C(O)[C@@H](O)[C@H]2O)(C(=O)[O-])C[C@H]1O.[Na+]. The van der Waals surface area contributed by atoms with Gasteiger partial charge in [0.1, 0.15) is 67.0 Å². The molecule has 1 aromatic rings. The average Bonchev–Trinajstić information content (AvgIpc) is 3.07. The van der Waals surface area contributed by atoms with Crippen LogP contribution in [0.15, 0.2) is 30.3 Å². The Bertz CT molecular complexity index is 1130. The third-order valence-electron chi connectivity index (χ3n) is 8.68. The normalized spacial score (nSPS) is 41.6. The predicted octanol–water partition coefficient (Wildman–Crippen LogP) is -9.20. The van der Waals surface area contributed by atoms with Crippen molar-refractivity contribution in [1.82, 2.24) is 0 Å². The molecule has 0 aromatic heterocycles. The van der Waals surface area contributed by atoms with Crippen molar-refractivity contribution in [1.29, 1.82) is 0 Å². The van der Waals surface area contributed by atoms with E-state index in [1.165, 1.54) is 6.92 Å². The molecule has 3 aliphatic heterocycles. The average molecular weight is 703 g/mol. The van der Waals surface area contributed by atoms with Crippen molar-refractivity contribution >= 4 is 5.97 Å². The van der Waals surface area contributed by atoms with Gasteiger partial charge >= 0.3 is 29.6 Å². The molecule has 48 heavy (non-hydrogen) atoms. The summed E-state index contributed by atoms with van der Waals surface area (Å²) in [5, 5.41) is 116. The summed E-state index contributed by atoms with van der Waals surface area (Å²) in [5.74, 6) is -5.73. The number of rotatable bonds is 13. The number of aliphatic hydroxyl groups is 10. The van der Waals surface area contributed by atoms with Gasteiger partial charge in [0.25, 0.3) is 0 Å². The molecule has 3 fully saturated rings. The fraction of sp³-hybridized carbons (Fsp3) is 0.759. The summed E-state index contributed by atoms with van der Waals surface area (Å²) >= 11 is 0.